The smallest absolute Gasteiger partial charge is 0.266 e. The third kappa shape index (κ3) is 4.49. The van der Waals surface area contributed by atoms with Gasteiger partial charge in [0.25, 0.3) is 5.91 Å². The fourth-order valence-corrected chi connectivity index (χ4v) is 2.13. The van der Waals surface area contributed by atoms with Gasteiger partial charge >= 0.3 is 0 Å². The number of halogens is 3. The number of aromatic nitrogens is 1. The van der Waals surface area contributed by atoms with E-state index in [1.807, 2.05) is 0 Å². The molecule has 1 unspecified atom stereocenters. The standard InChI is InChI=1S/C14H11Cl3N2O2/c1-8(21-12-3-2-9(15)6-11(12)17)14(20)19-13-7-10(16)4-5-18-13/h2-8H,1H3,(H,18,19,20). The maximum absolute atomic E-state index is 12.0. The zero-order valence-corrected chi connectivity index (χ0v) is 13.2. The van der Waals surface area contributed by atoms with Gasteiger partial charge in [0.15, 0.2) is 6.10 Å². The molecular formula is C14H11Cl3N2O2. The Morgan fingerprint density at radius 2 is 1.90 bits per heavy atom. The summed E-state index contributed by atoms with van der Waals surface area (Å²) < 4.78 is 5.50. The lowest BCUT2D eigenvalue weighted by Gasteiger charge is -2.15. The van der Waals surface area contributed by atoms with E-state index in [1.54, 1.807) is 37.3 Å². The molecule has 1 aromatic carbocycles. The zero-order valence-electron chi connectivity index (χ0n) is 10.9. The molecule has 4 nitrogen and oxygen atoms in total. The molecule has 1 amide bonds. The second-order valence-corrected chi connectivity index (χ2v) is 5.46. The van der Waals surface area contributed by atoms with Crippen LogP contribution in [0.25, 0.3) is 0 Å². The summed E-state index contributed by atoms with van der Waals surface area (Å²) in [5, 5.41) is 3.92. The van der Waals surface area contributed by atoms with Crippen LogP contribution in [0, 0.1) is 0 Å². The average Bonchev–Trinajstić information content (AvgIpc) is 2.41. The summed E-state index contributed by atoms with van der Waals surface area (Å²) in [6, 6.07) is 7.94. The molecule has 7 heteroatoms. The Kier molecular flexibility index (Phi) is 5.28. The maximum Gasteiger partial charge on any atom is 0.266 e. The Morgan fingerprint density at radius 3 is 2.57 bits per heavy atom. The number of hydrogen-bond donors (Lipinski definition) is 1. The van der Waals surface area contributed by atoms with Crippen molar-refractivity contribution in [3.8, 4) is 5.75 Å². The molecule has 0 radical (unpaired) electrons. The zero-order chi connectivity index (χ0) is 15.4. The number of amides is 1. The summed E-state index contributed by atoms with van der Waals surface area (Å²) in [5.41, 5.74) is 0. The Hall–Kier alpha value is -1.49. The number of hydrogen-bond acceptors (Lipinski definition) is 3. The fourth-order valence-electron chi connectivity index (χ4n) is 1.52. The molecule has 110 valence electrons. The molecule has 21 heavy (non-hydrogen) atoms. The van der Waals surface area contributed by atoms with Crippen LogP contribution in [-0.4, -0.2) is 17.0 Å². The second-order valence-electron chi connectivity index (χ2n) is 4.18. The van der Waals surface area contributed by atoms with Crippen LogP contribution in [0.4, 0.5) is 5.82 Å². The third-order valence-electron chi connectivity index (χ3n) is 2.54. The van der Waals surface area contributed by atoms with Crippen molar-refractivity contribution < 1.29 is 9.53 Å². The molecule has 0 fully saturated rings. The van der Waals surface area contributed by atoms with Crippen molar-refractivity contribution in [1.82, 2.24) is 4.98 Å². The van der Waals surface area contributed by atoms with E-state index in [0.29, 0.717) is 26.6 Å². The molecule has 0 spiro atoms. The van der Waals surface area contributed by atoms with Crippen molar-refractivity contribution in [2.45, 2.75) is 13.0 Å². The number of pyridine rings is 1. The monoisotopic (exact) mass is 344 g/mol. The number of ether oxygens (including phenoxy) is 1. The number of nitrogens with one attached hydrogen (secondary N) is 1. The van der Waals surface area contributed by atoms with Crippen molar-refractivity contribution in [3.05, 3.63) is 51.6 Å². The van der Waals surface area contributed by atoms with Gasteiger partial charge in [-0.2, -0.15) is 0 Å². The largest absolute Gasteiger partial charge is 0.479 e. The lowest BCUT2D eigenvalue weighted by Crippen LogP contribution is -2.30. The first kappa shape index (κ1) is 15.9. The molecule has 0 aliphatic carbocycles. The van der Waals surface area contributed by atoms with Gasteiger partial charge in [0.1, 0.15) is 11.6 Å². The van der Waals surface area contributed by atoms with Crippen LogP contribution in [0.15, 0.2) is 36.5 Å². The van der Waals surface area contributed by atoms with Gasteiger partial charge in [0.2, 0.25) is 0 Å². The Morgan fingerprint density at radius 1 is 1.19 bits per heavy atom. The molecule has 0 aliphatic rings. The van der Waals surface area contributed by atoms with Gasteiger partial charge in [0.05, 0.1) is 5.02 Å². The molecule has 1 N–H and O–H groups in total. The van der Waals surface area contributed by atoms with Crippen LogP contribution in [-0.2, 0) is 4.79 Å². The molecule has 0 bridgehead atoms. The average molecular weight is 346 g/mol. The summed E-state index contributed by atoms with van der Waals surface area (Å²) in [6.45, 7) is 1.60. The van der Waals surface area contributed by atoms with Crippen molar-refractivity contribution in [3.63, 3.8) is 0 Å². The number of carbonyl (C=O) groups excluding carboxylic acids is 1. The second kappa shape index (κ2) is 6.98. The molecule has 0 aliphatic heterocycles. The first-order valence-corrected chi connectivity index (χ1v) is 7.13. The molecule has 0 saturated carbocycles. The van der Waals surface area contributed by atoms with Gasteiger partial charge in [-0.3, -0.25) is 4.79 Å². The number of anilines is 1. The van der Waals surface area contributed by atoms with Crippen LogP contribution in [0.1, 0.15) is 6.92 Å². The number of benzene rings is 1. The molecule has 2 rings (SSSR count). The maximum atomic E-state index is 12.0. The highest BCUT2D eigenvalue weighted by Crippen LogP contribution is 2.28. The third-order valence-corrected chi connectivity index (χ3v) is 3.31. The Bertz CT molecular complexity index is 664. The van der Waals surface area contributed by atoms with Gasteiger partial charge in [-0.25, -0.2) is 4.98 Å². The van der Waals surface area contributed by atoms with Crippen LogP contribution < -0.4 is 10.1 Å². The predicted molar refractivity (Wildman–Crippen MR) is 84.4 cm³/mol. The first-order chi connectivity index (χ1) is 9.95. The normalized spacial score (nSPS) is 11.8. The topological polar surface area (TPSA) is 51.2 Å². The summed E-state index contributed by atoms with van der Waals surface area (Å²) in [6.07, 6.45) is 0.740. The van der Waals surface area contributed by atoms with E-state index in [2.05, 4.69) is 10.3 Å². The van der Waals surface area contributed by atoms with Crippen LogP contribution >= 0.6 is 34.8 Å². The van der Waals surface area contributed by atoms with Crippen molar-refractivity contribution >= 4 is 46.5 Å². The van der Waals surface area contributed by atoms with Crippen molar-refractivity contribution in [1.29, 1.82) is 0 Å². The van der Waals surface area contributed by atoms with Gasteiger partial charge in [0, 0.05) is 16.2 Å². The lowest BCUT2D eigenvalue weighted by atomic mass is 10.3. The molecule has 2 aromatic rings. The molecule has 0 saturated heterocycles. The number of rotatable bonds is 4. The minimum Gasteiger partial charge on any atom is -0.479 e. The van der Waals surface area contributed by atoms with Gasteiger partial charge in [-0.05, 0) is 37.3 Å². The molecular weight excluding hydrogens is 335 g/mol. The molecule has 1 heterocycles. The van der Waals surface area contributed by atoms with E-state index in [4.69, 9.17) is 39.5 Å². The molecule has 1 aromatic heterocycles. The lowest BCUT2D eigenvalue weighted by molar-refractivity contribution is -0.122. The van der Waals surface area contributed by atoms with Gasteiger partial charge in [-0.15, -0.1) is 0 Å². The number of carbonyl (C=O) groups is 1. The predicted octanol–water partition coefficient (Wildman–Crippen LogP) is 4.45. The highest BCUT2D eigenvalue weighted by molar-refractivity contribution is 6.35. The van der Waals surface area contributed by atoms with E-state index in [-0.39, 0.29) is 5.91 Å². The van der Waals surface area contributed by atoms with E-state index < -0.39 is 6.10 Å². The minimum absolute atomic E-state index is 0.336. The van der Waals surface area contributed by atoms with Crippen molar-refractivity contribution in [2.24, 2.45) is 0 Å². The van der Waals surface area contributed by atoms with Crippen molar-refractivity contribution in [2.75, 3.05) is 5.32 Å². The van der Waals surface area contributed by atoms with Crippen LogP contribution in [0.5, 0.6) is 5.75 Å². The Labute approximate surface area is 137 Å². The highest BCUT2D eigenvalue weighted by atomic mass is 35.5. The summed E-state index contributed by atoms with van der Waals surface area (Å²) in [4.78, 5) is 16.0. The molecule has 1 atom stereocenters. The van der Waals surface area contributed by atoms with E-state index >= 15 is 0 Å². The highest BCUT2D eigenvalue weighted by Gasteiger charge is 2.17. The van der Waals surface area contributed by atoms with E-state index in [9.17, 15) is 4.79 Å². The first-order valence-electron chi connectivity index (χ1n) is 6.00. The number of nitrogens with zero attached hydrogens (tertiary/aromatic N) is 1. The Balaban J connectivity index is 2.02. The minimum atomic E-state index is -0.760. The van der Waals surface area contributed by atoms with E-state index in [0.717, 1.165) is 0 Å². The SMILES string of the molecule is CC(Oc1ccc(Cl)cc1Cl)C(=O)Nc1cc(Cl)ccn1. The van der Waals surface area contributed by atoms with E-state index in [1.165, 1.54) is 6.20 Å². The summed E-state index contributed by atoms with van der Waals surface area (Å²) in [7, 11) is 0. The fraction of sp³-hybridized carbons (Fsp3) is 0.143. The van der Waals surface area contributed by atoms with Gasteiger partial charge < -0.3 is 10.1 Å². The summed E-state index contributed by atoms with van der Waals surface area (Å²) in [5.74, 6) is 0.365. The summed E-state index contributed by atoms with van der Waals surface area (Å²) >= 11 is 17.6. The van der Waals surface area contributed by atoms with Crippen LogP contribution in [0.3, 0.4) is 0 Å². The van der Waals surface area contributed by atoms with Crippen LogP contribution in [0.2, 0.25) is 15.1 Å². The van der Waals surface area contributed by atoms with Gasteiger partial charge in [-0.1, -0.05) is 34.8 Å². The quantitative estimate of drug-likeness (QED) is 0.890.